The summed E-state index contributed by atoms with van der Waals surface area (Å²) in [6.45, 7) is 4.63. The van der Waals surface area contributed by atoms with Gasteiger partial charge in [-0.15, -0.1) is 0 Å². The summed E-state index contributed by atoms with van der Waals surface area (Å²) in [6, 6.07) is 20.0. The Kier molecular flexibility index (Phi) is 5.38. The summed E-state index contributed by atoms with van der Waals surface area (Å²) in [5, 5.41) is 2.05. The molecule has 140 valence electrons. The number of fused-ring (bicyclic) bond motifs is 2. The molecule has 2 aliphatic carbocycles. The van der Waals surface area contributed by atoms with Gasteiger partial charge in [0.25, 0.3) is 0 Å². The Labute approximate surface area is 173 Å². The van der Waals surface area contributed by atoms with Crippen molar-refractivity contribution >= 4 is 43.4 Å². The molecule has 27 heavy (non-hydrogen) atoms. The van der Waals surface area contributed by atoms with Crippen LogP contribution in [0.2, 0.25) is 12.1 Å². The van der Waals surface area contributed by atoms with E-state index in [1.54, 1.807) is 0 Å². The first-order valence-electron chi connectivity index (χ1n) is 10.0. The maximum atomic E-state index is 6.99. The van der Waals surface area contributed by atoms with Gasteiger partial charge in [0, 0.05) is 21.1 Å². The number of halogens is 2. The number of allylic oxidation sites excluding steroid dienone is 2. The molecule has 0 heterocycles. The quantitative estimate of drug-likeness (QED) is 0.420. The third kappa shape index (κ3) is 3.05. The standard InChI is InChI=1S/C24H26Cl2Si/c1-3-13-27(14-4-2,23-19-11-7-5-9-17(19)15-21(23)25)24-20-12-8-6-10-18(20)16-22(24)26/h5-12,15-16,23-24H,3-4,13-14H2,1-2H3. The van der Waals surface area contributed by atoms with Gasteiger partial charge in [0.2, 0.25) is 0 Å². The van der Waals surface area contributed by atoms with Crippen LogP contribution >= 0.6 is 23.2 Å². The highest BCUT2D eigenvalue weighted by atomic mass is 35.5. The molecule has 0 fully saturated rings. The molecule has 3 heteroatoms. The van der Waals surface area contributed by atoms with Crippen molar-refractivity contribution in [3.05, 3.63) is 80.8 Å². The molecule has 0 radical (unpaired) electrons. The number of rotatable bonds is 6. The van der Waals surface area contributed by atoms with E-state index in [-0.39, 0.29) is 0 Å². The normalized spacial score (nSPS) is 20.9. The molecule has 0 spiro atoms. The summed E-state index contributed by atoms with van der Waals surface area (Å²) >= 11 is 14.0. The number of hydrogen-bond donors (Lipinski definition) is 0. The first-order chi connectivity index (χ1) is 13.1. The molecule has 4 rings (SSSR count). The number of hydrogen-bond acceptors (Lipinski definition) is 0. The van der Waals surface area contributed by atoms with Crippen LogP contribution in [0.1, 0.15) is 60.0 Å². The Bertz CT molecular complexity index is 837. The second-order valence-corrected chi connectivity index (χ2v) is 13.4. The fourth-order valence-electron chi connectivity index (χ4n) is 5.54. The van der Waals surface area contributed by atoms with E-state index in [1.165, 1.54) is 47.2 Å². The average Bonchev–Trinajstić information content (AvgIpc) is 3.17. The summed E-state index contributed by atoms with van der Waals surface area (Å²) in [4.78, 5) is 0. The van der Waals surface area contributed by atoms with Crippen molar-refractivity contribution in [2.24, 2.45) is 0 Å². The van der Waals surface area contributed by atoms with Crippen molar-refractivity contribution in [2.45, 2.75) is 49.9 Å². The molecule has 2 atom stereocenters. The Morgan fingerprint density at radius 1 is 0.704 bits per heavy atom. The summed E-state index contributed by atoms with van der Waals surface area (Å²) < 4.78 is 0. The van der Waals surface area contributed by atoms with E-state index < -0.39 is 8.07 Å². The van der Waals surface area contributed by atoms with Gasteiger partial charge in [-0.25, -0.2) is 0 Å². The SMILES string of the molecule is CCC[Si](CCC)(C1C(Cl)=Cc2ccccc21)C1C(Cl)=Cc2ccccc21. The summed E-state index contributed by atoms with van der Waals surface area (Å²) in [6.07, 6.45) is 6.76. The first kappa shape index (κ1) is 19.1. The van der Waals surface area contributed by atoms with Gasteiger partial charge in [-0.3, -0.25) is 0 Å². The van der Waals surface area contributed by atoms with Gasteiger partial charge >= 0.3 is 0 Å². The monoisotopic (exact) mass is 412 g/mol. The molecule has 0 saturated heterocycles. The molecule has 0 aliphatic heterocycles. The second kappa shape index (κ2) is 7.62. The molecule has 2 aromatic carbocycles. The van der Waals surface area contributed by atoms with Crippen molar-refractivity contribution < 1.29 is 0 Å². The predicted octanol–water partition coefficient (Wildman–Crippen LogP) is 8.09. The predicted molar refractivity (Wildman–Crippen MR) is 122 cm³/mol. The molecule has 2 aromatic rings. The van der Waals surface area contributed by atoms with Crippen LogP contribution in [-0.4, -0.2) is 8.07 Å². The molecule has 0 nitrogen and oxygen atoms in total. The van der Waals surface area contributed by atoms with Gasteiger partial charge in [0.05, 0.1) is 8.07 Å². The van der Waals surface area contributed by atoms with Crippen molar-refractivity contribution in [3.63, 3.8) is 0 Å². The lowest BCUT2D eigenvalue weighted by Gasteiger charge is -2.44. The highest BCUT2D eigenvalue weighted by Crippen LogP contribution is 2.57. The molecular weight excluding hydrogens is 387 g/mol. The molecule has 2 unspecified atom stereocenters. The molecule has 0 aromatic heterocycles. The topological polar surface area (TPSA) is 0 Å². The lowest BCUT2D eigenvalue weighted by atomic mass is 10.1. The first-order valence-corrected chi connectivity index (χ1v) is 13.4. The van der Waals surface area contributed by atoms with Crippen LogP contribution in [0.4, 0.5) is 0 Å². The minimum Gasteiger partial charge on any atom is -0.0888 e. The highest BCUT2D eigenvalue weighted by Gasteiger charge is 2.52. The molecule has 0 bridgehead atoms. The zero-order valence-electron chi connectivity index (χ0n) is 16.0. The minimum atomic E-state index is -1.96. The second-order valence-electron chi connectivity index (χ2n) is 7.92. The van der Waals surface area contributed by atoms with Gasteiger partial charge in [-0.1, -0.05) is 111 Å². The maximum absolute atomic E-state index is 6.99. The molecule has 0 saturated carbocycles. The fraction of sp³-hybridized carbons (Fsp3) is 0.333. The summed E-state index contributed by atoms with van der Waals surface area (Å²) in [7, 11) is -1.96. The van der Waals surface area contributed by atoms with Crippen molar-refractivity contribution in [1.29, 1.82) is 0 Å². The zero-order chi connectivity index (χ0) is 19.0. The van der Waals surface area contributed by atoms with Crippen LogP contribution in [0.25, 0.3) is 12.2 Å². The van der Waals surface area contributed by atoms with Gasteiger partial charge in [-0.2, -0.15) is 0 Å². The van der Waals surface area contributed by atoms with E-state index in [4.69, 9.17) is 23.2 Å². The van der Waals surface area contributed by atoms with Gasteiger partial charge in [0.1, 0.15) is 0 Å². The Hall–Kier alpha value is -1.28. The molecule has 0 N–H and O–H groups in total. The summed E-state index contributed by atoms with van der Waals surface area (Å²) in [5.41, 5.74) is 6.11. The van der Waals surface area contributed by atoms with Crippen molar-refractivity contribution in [3.8, 4) is 0 Å². The molecular formula is C24H26Cl2Si. The molecule has 0 amide bonds. The van der Waals surface area contributed by atoms with Crippen LogP contribution in [0.15, 0.2) is 58.6 Å². The van der Waals surface area contributed by atoms with Crippen LogP contribution < -0.4 is 0 Å². The number of benzene rings is 2. The van der Waals surface area contributed by atoms with Gasteiger partial charge < -0.3 is 0 Å². The smallest absolute Gasteiger partial charge is 0.0813 e. The lowest BCUT2D eigenvalue weighted by Crippen LogP contribution is -2.47. The maximum Gasteiger partial charge on any atom is 0.0813 e. The fourth-order valence-corrected chi connectivity index (χ4v) is 13.9. The van der Waals surface area contributed by atoms with E-state index in [9.17, 15) is 0 Å². The Morgan fingerprint density at radius 2 is 1.11 bits per heavy atom. The van der Waals surface area contributed by atoms with Crippen molar-refractivity contribution in [2.75, 3.05) is 0 Å². The molecule has 2 aliphatic rings. The van der Waals surface area contributed by atoms with Crippen LogP contribution in [0.3, 0.4) is 0 Å². The van der Waals surface area contributed by atoms with Crippen LogP contribution in [-0.2, 0) is 0 Å². The lowest BCUT2D eigenvalue weighted by molar-refractivity contribution is 0.874. The largest absolute Gasteiger partial charge is 0.0888 e. The Morgan fingerprint density at radius 3 is 1.52 bits per heavy atom. The highest BCUT2D eigenvalue weighted by molar-refractivity contribution is 6.85. The van der Waals surface area contributed by atoms with E-state index in [0.29, 0.717) is 11.1 Å². The van der Waals surface area contributed by atoms with Gasteiger partial charge in [-0.05, 0) is 34.4 Å². The van der Waals surface area contributed by atoms with E-state index in [0.717, 1.165) is 10.1 Å². The van der Waals surface area contributed by atoms with Crippen LogP contribution in [0.5, 0.6) is 0 Å². The zero-order valence-corrected chi connectivity index (χ0v) is 18.5. The average molecular weight is 413 g/mol. The third-order valence-corrected chi connectivity index (χ3v) is 13.8. The van der Waals surface area contributed by atoms with E-state index >= 15 is 0 Å². The van der Waals surface area contributed by atoms with Gasteiger partial charge in [0.15, 0.2) is 0 Å². The summed E-state index contributed by atoms with van der Waals surface area (Å²) in [5.74, 6) is 0. The van der Waals surface area contributed by atoms with E-state index in [2.05, 4.69) is 74.5 Å². The van der Waals surface area contributed by atoms with Crippen LogP contribution in [0, 0.1) is 0 Å². The third-order valence-electron chi connectivity index (χ3n) is 6.33. The van der Waals surface area contributed by atoms with Crippen molar-refractivity contribution in [1.82, 2.24) is 0 Å². The Balaban J connectivity index is 1.93. The minimum absolute atomic E-state index is 0.341. The van der Waals surface area contributed by atoms with E-state index in [1.807, 2.05) is 0 Å².